The zero-order chi connectivity index (χ0) is 12.2. The summed E-state index contributed by atoms with van der Waals surface area (Å²) < 4.78 is 0. The van der Waals surface area contributed by atoms with Crippen molar-refractivity contribution in [1.29, 1.82) is 5.26 Å². The van der Waals surface area contributed by atoms with Crippen molar-refractivity contribution in [2.75, 3.05) is 18.5 Å². The van der Waals surface area contributed by atoms with Gasteiger partial charge in [0.2, 0.25) is 5.95 Å². The van der Waals surface area contributed by atoms with Crippen molar-refractivity contribution < 1.29 is 0 Å². The average molecular weight is 218 g/mol. The first-order valence-electron chi connectivity index (χ1n) is 5.36. The van der Waals surface area contributed by atoms with E-state index in [9.17, 15) is 0 Å². The van der Waals surface area contributed by atoms with Crippen molar-refractivity contribution in [3.05, 3.63) is 18.0 Å². The number of nitrogens with zero attached hydrogens (tertiary/aromatic N) is 4. The van der Waals surface area contributed by atoms with Gasteiger partial charge in [-0.05, 0) is 11.0 Å². The molecule has 0 aromatic carbocycles. The van der Waals surface area contributed by atoms with Crippen LogP contribution < -0.4 is 4.90 Å². The molecule has 4 heteroatoms. The van der Waals surface area contributed by atoms with E-state index < -0.39 is 0 Å². The average Bonchev–Trinajstić information content (AvgIpc) is 2.25. The van der Waals surface area contributed by atoms with E-state index in [2.05, 4.69) is 36.8 Å². The van der Waals surface area contributed by atoms with Gasteiger partial charge in [0.1, 0.15) is 0 Å². The van der Waals surface area contributed by atoms with Crippen molar-refractivity contribution in [2.45, 2.75) is 32.6 Å². The Labute approximate surface area is 96.9 Å². The Bertz CT molecular complexity index is 369. The van der Waals surface area contributed by atoms with Crippen molar-refractivity contribution in [3.8, 4) is 6.07 Å². The van der Waals surface area contributed by atoms with Crippen LogP contribution in [0.4, 0.5) is 5.95 Å². The summed E-state index contributed by atoms with van der Waals surface area (Å²) in [5, 5.41) is 8.50. The molecular weight excluding hydrogens is 200 g/mol. The summed E-state index contributed by atoms with van der Waals surface area (Å²) in [6, 6.07) is 2.11. The van der Waals surface area contributed by atoms with Gasteiger partial charge < -0.3 is 4.90 Å². The third-order valence-corrected chi connectivity index (χ3v) is 2.40. The Morgan fingerprint density at radius 2 is 1.88 bits per heavy atom. The summed E-state index contributed by atoms with van der Waals surface area (Å²) in [7, 11) is 1.89. The molecule has 1 aromatic rings. The smallest absolute Gasteiger partial charge is 0.225 e. The monoisotopic (exact) mass is 218 g/mol. The molecular formula is C12H18N4. The summed E-state index contributed by atoms with van der Waals surface area (Å²) in [5.74, 6) is 0.670. The number of hydrogen-bond donors (Lipinski definition) is 0. The highest BCUT2D eigenvalue weighted by molar-refractivity contribution is 5.30. The summed E-state index contributed by atoms with van der Waals surface area (Å²) in [5.41, 5.74) is 1.19. The lowest BCUT2D eigenvalue weighted by Gasteiger charge is -2.20. The largest absolute Gasteiger partial charge is 0.343 e. The van der Waals surface area contributed by atoms with Gasteiger partial charge in [-0.2, -0.15) is 5.26 Å². The van der Waals surface area contributed by atoms with E-state index in [1.165, 1.54) is 0 Å². The van der Waals surface area contributed by atoms with Crippen LogP contribution in [0.5, 0.6) is 0 Å². The zero-order valence-electron chi connectivity index (χ0n) is 10.4. The number of nitriles is 1. The van der Waals surface area contributed by atoms with Gasteiger partial charge in [-0.25, -0.2) is 9.97 Å². The lowest BCUT2D eigenvalue weighted by Crippen LogP contribution is -2.21. The van der Waals surface area contributed by atoms with Gasteiger partial charge in [-0.15, -0.1) is 0 Å². The maximum atomic E-state index is 8.50. The van der Waals surface area contributed by atoms with Crippen LogP contribution in [-0.4, -0.2) is 23.6 Å². The topological polar surface area (TPSA) is 52.8 Å². The van der Waals surface area contributed by atoms with E-state index in [1.54, 1.807) is 0 Å². The highest BCUT2D eigenvalue weighted by Crippen LogP contribution is 2.21. The Balaban J connectivity index is 2.76. The van der Waals surface area contributed by atoms with Gasteiger partial charge >= 0.3 is 0 Å². The first-order valence-corrected chi connectivity index (χ1v) is 5.36. The first-order chi connectivity index (χ1) is 7.45. The maximum Gasteiger partial charge on any atom is 0.225 e. The lowest BCUT2D eigenvalue weighted by molar-refractivity contribution is 0.583. The molecule has 16 heavy (non-hydrogen) atoms. The molecule has 0 aliphatic rings. The highest BCUT2D eigenvalue weighted by atomic mass is 15.2. The van der Waals surface area contributed by atoms with E-state index in [0.717, 1.165) is 5.56 Å². The van der Waals surface area contributed by atoms with E-state index in [0.29, 0.717) is 18.9 Å². The van der Waals surface area contributed by atoms with Gasteiger partial charge in [0.15, 0.2) is 0 Å². The van der Waals surface area contributed by atoms with Crippen LogP contribution in [0.3, 0.4) is 0 Å². The standard InChI is InChI=1S/C12H18N4/c1-12(2,3)10-8-14-11(15-9-10)16(4)7-5-6-13/h8-9H,5,7H2,1-4H3. The van der Waals surface area contributed by atoms with Crippen LogP contribution in [-0.2, 0) is 5.41 Å². The van der Waals surface area contributed by atoms with Crippen molar-refractivity contribution in [2.24, 2.45) is 0 Å². The highest BCUT2D eigenvalue weighted by Gasteiger charge is 2.15. The molecule has 0 amide bonds. The molecule has 0 fully saturated rings. The van der Waals surface area contributed by atoms with Crippen LogP contribution in [0.1, 0.15) is 32.8 Å². The summed E-state index contributed by atoms with van der Waals surface area (Å²) in [6.07, 6.45) is 4.19. The Kier molecular flexibility index (Phi) is 3.83. The van der Waals surface area contributed by atoms with Gasteiger partial charge in [0.05, 0.1) is 12.5 Å². The predicted molar refractivity (Wildman–Crippen MR) is 64.2 cm³/mol. The second kappa shape index (κ2) is 4.93. The fourth-order valence-corrected chi connectivity index (χ4v) is 1.22. The fraction of sp³-hybridized carbons (Fsp3) is 0.583. The normalized spacial score (nSPS) is 10.9. The van der Waals surface area contributed by atoms with Gasteiger partial charge in [0.25, 0.3) is 0 Å². The Hall–Kier alpha value is -1.63. The fourth-order valence-electron chi connectivity index (χ4n) is 1.22. The SMILES string of the molecule is CN(CCC#N)c1ncc(C(C)(C)C)cn1. The quantitative estimate of drug-likeness (QED) is 0.779. The van der Waals surface area contributed by atoms with Crippen LogP contribution in [0, 0.1) is 11.3 Å². The third kappa shape index (κ3) is 3.20. The molecule has 0 aliphatic heterocycles. The second-order valence-electron chi connectivity index (χ2n) is 4.85. The van der Waals surface area contributed by atoms with Crippen molar-refractivity contribution >= 4 is 5.95 Å². The molecule has 0 saturated carbocycles. The Morgan fingerprint density at radius 3 is 2.31 bits per heavy atom. The minimum absolute atomic E-state index is 0.0732. The van der Waals surface area contributed by atoms with E-state index in [-0.39, 0.29) is 5.41 Å². The van der Waals surface area contributed by atoms with Crippen LogP contribution in [0.15, 0.2) is 12.4 Å². The summed E-state index contributed by atoms with van der Waals surface area (Å²) in [6.45, 7) is 7.05. The molecule has 0 saturated heterocycles. The molecule has 0 aliphatic carbocycles. The molecule has 0 N–H and O–H groups in total. The van der Waals surface area contributed by atoms with Crippen LogP contribution >= 0.6 is 0 Å². The van der Waals surface area contributed by atoms with Gasteiger partial charge in [0, 0.05) is 26.0 Å². The molecule has 0 bridgehead atoms. The van der Waals surface area contributed by atoms with Gasteiger partial charge in [-0.3, -0.25) is 0 Å². The van der Waals surface area contributed by atoms with E-state index in [4.69, 9.17) is 5.26 Å². The molecule has 0 atom stereocenters. The number of rotatable bonds is 3. The van der Waals surface area contributed by atoms with Gasteiger partial charge in [-0.1, -0.05) is 20.8 Å². The molecule has 1 heterocycles. The first kappa shape index (κ1) is 12.4. The maximum absolute atomic E-state index is 8.50. The second-order valence-corrected chi connectivity index (χ2v) is 4.85. The molecule has 0 unspecified atom stereocenters. The van der Waals surface area contributed by atoms with Crippen molar-refractivity contribution in [1.82, 2.24) is 9.97 Å². The Morgan fingerprint density at radius 1 is 1.31 bits per heavy atom. The predicted octanol–water partition coefficient (Wildman–Crippen LogP) is 2.12. The molecule has 0 radical (unpaired) electrons. The van der Waals surface area contributed by atoms with Crippen LogP contribution in [0.25, 0.3) is 0 Å². The molecule has 86 valence electrons. The third-order valence-electron chi connectivity index (χ3n) is 2.40. The number of hydrogen-bond acceptors (Lipinski definition) is 4. The lowest BCUT2D eigenvalue weighted by atomic mass is 9.89. The minimum Gasteiger partial charge on any atom is -0.343 e. The van der Waals surface area contributed by atoms with E-state index >= 15 is 0 Å². The number of anilines is 1. The zero-order valence-corrected chi connectivity index (χ0v) is 10.4. The van der Waals surface area contributed by atoms with E-state index in [1.807, 2.05) is 24.3 Å². The van der Waals surface area contributed by atoms with Crippen molar-refractivity contribution in [3.63, 3.8) is 0 Å². The summed E-state index contributed by atoms with van der Waals surface area (Å²) in [4.78, 5) is 10.5. The molecule has 1 rings (SSSR count). The minimum atomic E-state index is 0.0732. The number of aromatic nitrogens is 2. The van der Waals surface area contributed by atoms with Crippen LogP contribution in [0.2, 0.25) is 0 Å². The molecule has 1 aromatic heterocycles. The molecule has 4 nitrogen and oxygen atoms in total. The summed E-state index contributed by atoms with van der Waals surface area (Å²) >= 11 is 0. The molecule has 0 spiro atoms.